The summed E-state index contributed by atoms with van der Waals surface area (Å²) in [5, 5.41) is 16.1. The van der Waals surface area contributed by atoms with Crippen LogP contribution in [0.3, 0.4) is 0 Å². The summed E-state index contributed by atoms with van der Waals surface area (Å²) in [6, 6.07) is 13.3. The minimum atomic E-state index is -0.642. The molecule has 1 aromatic carbocycles. The van der Waals surface area contributed by atoms with E-state index in [2.05, 4.69) is 10.4 Å². The van der Waals surface area contributed by atoms with Crippen molar-refractivity contribution in [1.29, 1.82) is 5.26 Å². The number of nitrogens with zero attached hydrogens (tertiary/aromatic N) is 4. The molecule has 0 fully saturated rings. The van der Waals surface area contributed by atoms with E-state index < -0.39 is 6.04 Å². The lowest BCUT2D eigenvalue weighted by molar-refractivity contribution is -0.125. The normalized spacial score (nSPS) is 15.5. The topological polar surface area (TPSA) is 104 Å². The highest BCUT2D eigenvalue weighted by Gasteiger charge is 2.33. The van der Waals surface area contributed by atoms with Crippen molar-refractivity contribution < 1.29 is 14.0 Å². The lowest BCUT2D eigenvalue weighted by Crippen LogP contribution is -2.47. The van der Waals surface area contributed by atoms with Gasteiger partial charge in [-0.05, 0) is 36.4 Å². The van der Waals surface area contributed by atoms with Gasteiger partial charge in [-0.3, -0.25) is 14.3 Å². The molecule has 0 saturated heterocycles. The molecular formula is C20H17N5O3. The number of nitriles is 1. The first-order valence-electron chi connectivity index (χ1n) is 8.77. The van der Waals surface area contributed by atoms with Crippen molar-refractivity contribution in [3.63, 3.8) is 0 Å². The van der Waals surface area contributed by atoms with Crippen LogP contribution >= 0.6 is 0 Å². The van der Waals surface area contributed by atoms with Crippen LogP contribution in [0.5, 0.6) is 0 Å². The largest absolute Gasteiger partial charge is 0.467 e. The standard InChI is InChI=1S/C20H17N5O3/c21-10-14-3-1-4-15(9-14)20(27)24-12-16-6-7-23-25(16)18(13-24)19(26)22-11-17-5-2-8-28-17/h1-9,18H,11-13H2,(H,22,26)/t18-/m0/s1. The second kappa shape index (κ2) is 7.40. The monoisotopic (exact) mass is 375 g/mol. The molecule has 0 aliphatic carbocycles. The number of fused-ring (bicyclic) bond motifs is 1. The summed E-state index contributed by atoms with van der Waals surface area (Å²) in [4.78, 5) is 27.3. The van der Waals surface area contributed by atoms with E-state index in [0.29, 0.717) is 23.4 Å². The number of furan rings is 1. The number of nitrogens with one attached hydrogen (secondary N) is 1. The molecule has 1 aliphatic heterocycles. The smallest absolute Gasteiger partial charge is 0.254 e. The van der Waals surface area contributed by atoms with E-state index in [-0.39, 0.29) is 24.9 Å². The molecule has 0 bridgehead atoms. The summed E-state index contributed by atoms with van der Waals surface area (Å²) in [7, 11) is 0. The summed E-state index contributed by atoms with van der Waals surface area (Å²) < 4.78 is 6.88. The van der Waals surface area contributed by atoms with Gasteiger partial charge in [0, 0.05) is 11.8 Å². The number of hydrogen-bond donors (Lipinski definition) is 1. The fraction of sp³-hybridized carbons (Fsp3) is 0.200. The Balaban J connectivity index is 1.54. The lowest BCUT2D eigenvalue weighted by Gasteiger charge is -2.33. The lowest BCUT2D eigenvalue weighted by atomic mass is 10.1. The van der Waals surface area contributed by atoms with Gasteiger partial charge < -0.3 is 14.6 Å². The summed E-state index contributed by atoms with van der Waals surface area (Å²) in [6.45, 7) is 0.795. The molecule has 8 nitrogen and oxygen atoms in total. The Morgan fingerprint density at radius 2 is 2.18 bits per heavy atom. The first-order valence-corrected chi connectivity index (χ1v) is 8.77. The van der Waals surface area contributed by atoms with E-state index in [9.17, 15) is 9.59 Å². The minimum Gasteiger partial charge on any atom is -0.467 e. The number of rotatable bonds is 4. The number of benzene rings is 1. The highest BCUT2D eigenvalue weighted by molar-refractivity contribution is 5.95. The summed E-state index contributed by atoms with van der Waals surface area (Å²) >= 11 is 0. The van der Waals surface area contributed by atoms with Crippen LogP contribution in [-0.4, -0.2) is 33.0 Å². The van der Waals surface area contributed by atoms with Crippen molar-refractivity contribution in [3.8, 4) is 6.07 Å². The molecule has 4 rings (SSSR count). The molecule has 1 aliphatic rings. The van der Waals surface area contributed by atoms with Gasteiger partial charge in [0.1, 0.15) is 11.8 Å². The second-order valence-electron chi connectivity index (χ2n) is 6.46. The number of hydrogen-bond acceptors (Lipinski definition) is 5. The molecule has 0 unspecified atom stereocenters. The SMILES string of the molecule is N#Cc1cccc(C(=O)N2Cc3ccnn3[C@H](C(=O)NCc3ccco3)C2)c1. The van der Waals surface area contributed by atoms with Crippen molar-refractivity contribution in [2.24, 2.45) is 0 Å². The predicted octanol–water partition coefficient (Wildman–Crippen LogP) is 1.86. The van der Waals surface area contributed by atoms with Crippen LogP contribution in [0.25, 0.3) is 0 Å². The van der Waals surface area contributed by atoms with Gasteiger partial charge in [0.15, 0.2) is 0 Å². The van der Waals surface area contributed by atoms with E-state index in [1.807, 2.05) is 6.07 Å². The highest BCUT2D eigenvalue weighted by atomic mass is 16.3. The van der Waals surface area contributed by atoms with E-state index in [1.54, 1.807) is 64.5 Å². The molecule has 0 spiro atoms. The Hall–Kier alpha value is -3.86. The van der Waals surface area contributed by atoms with Crippen molar-refractivity contribution in [2.75, 3.05) is 6.54 Å². The molecule has 28 heavy (non-hydrogen) atoms. The fourth-order valence-corrected chi connectivity index (χ4v) is 3.25. The third kappa shape index (κ3) is 3.38. The third-order valence-electron chi connectivity index (χ3n) is 4.64. The van der Waals surface area contributed by atoms with Crippen LogP contribution in [0.1, 0.15) is 33.4 Å². The maximum atomic E-state index is 13.0. The van der Waals surface area contributed by atoms with Crippen LogP contribution in [0, 0.1) is 11.3 Å². The summed E-state index contributed by atoms with van der Waals surface area (Å²) in [6.07, 6.45) is 3.16. The van der Waals surface area contributed by atoms with Crippen molar-refractivity contribution in [2.45, 2.75) is 19.1 Å². The molecule has 0 radical (unpaired) electrons. The maximum absolute atomic E-state index is 13.0. The average molecular weight is 375 g/mol. The van der Waals surface area contributed by atoms with Gasteiger partial charge >= 0.3 is 0 Å². The van der Waals surface area contributed by atoms with Crippen LogP contribution in [-0.2, 0) is 17.9 Å². The quantitative estimate of drug-likeness (QED) is 0.749. The zero-order chi connectivity index (χ0) is 19.5. The predicted molar refractivity (Wildman–Crippen MR) is 97.7 cm³/mol. The fourth-order valence-electron chi connectivity index (χ4n) is 3.25. The number of carbonyl (C=O) groups is 2. The maximum Gasteiger partial charge on any atom is 0.254 e. The van der Waals surface area contributed by atoms with Crippen molar-refractivity contribution in [3.05, 3.63) is 77.5 Å². The summed E-state index contributed by atoms with van der Waals surface area (Å²) in [5.41, 5.74) is 1.61. The molecule has 0 saturated carbocycles. The van der Waals surface area contributed by atoms with E-state index in [4.69, 9.17) is 9.68 Å². The zero-order valence-corrected chi connectivity index (χ0v) is 14.9. The van der Waals surface area contributed by atoms with Gasteiger partial charge in [0.05, 0.1) is 43.2 Å². The van der Waals surface area contributed by atoms with Crippen LogP contribution < -0.4 is 5.32 Å². The van der Waals surface area contributed by atoms with E-state index in [1.165, 1.54) is 0 Å². The van der Waals surface area contributed by atoms with Gasteiger partial charge in [-0.1, -0.05) is 6.07 Å². The Morgan fingerprint density at radius 3 is 2.96 bits per heavy atom. The second-order valence-corrected chi connectivity index (χ2v) is 6.46. The van der Waals surface area contributed by atoms with Crippen molar-refractivity contribution in [1.82, 2.24) is 20.0 Å². The molecule has 1 N–H and O–H groups in total. The number of carbonyl (C=O) groups excluding carboxylic acids is 2. The zero-order valence-electron chi connectivity index (χ0n) is 14.9. The molecule has 3 aromatic rings. The molecule has 8 heteroatoms. The molecule has 140 valence electrons. The Kier molecular flexibility index (Phi) is 4.64. The molecule has 2 aromatic heterocycles. The van der Waals surface area contributed by atoms with Gasteiger partial charge in [0.25, 0.3) is 5.91 Å². The first kappa shape index (κ1) is 17.5. The Bertz CT molecular complexity index is 1050. The van der Waals surface area contributed by atoms with Crippen molar-refractivity contribution >= 4 is 11.8 Å². The van der Waals surface area contributed by atoms with E-state index in [0.717, 1.165) is 5.69 Å². The average Bonchev–Trinajstić information content (AvgIpc) is 3.42. The number of aromatic nitrogens is 2. The van der Waals surface area contributed by atoms with Gasteiger partial charge in [-0.15, -0.1) is 0 Å². The third-order valence-corrected chi connectivity index (χ3v) is 4.64. The number of amides is 2. The minimum absolute atomic E-state index is 0.189. The van der Waals surface area contributed by atoms with Gasteiger partial charge in [-0.25, -0.2) is 0 Å². The van der Waals surface area contributed by atoms with Gasteiger partial charge in [-0.2, -0.15) is 10.4 Å². The Morgan fingerprint density at radius 1 is 1.29 bits per heavy atom. The summed E-state index contributed by atoms with van der Waals surface area (Å²) in [5.74, 6) is 0.170. The van der Waals surface area contributed by atoms with E-state index >= 15 is 0 Å². The van der Waals surface area contributed by atoms with Gasteiger partial charge in [0.2, 0.25) is 5.91 Å². The molecule has 3 heterocycles. The van der Waals surface area contributed by atoms with Crippen LogP contribution in [0.4, 0.5) is 0 Å². The van der Waals surface area contributed by atoms with Crippen LogP contribution in [0.15, 0.2) is 59.3 Å². The first-order chi connectivity index (χ1) is 13.7. The van der Waals surface area contributed by atoms with Crippen LogP contribution in [0.2, 0.25) is 0 Å². The Labute approximate surface area is 161 Å². The molecular weight excluding hydrogens is 358 g/mol. The highest BCUT2D eigenvalue weighted by Crippen LogP contribution is 2.22. The molecule has 1 atom stereocenters. The molecule has 2 amide bonds.